The summed E-state index contributed by atoms with van der Waals surface area (Å²) in [7, 11) is 0. The van der Waals surface area contributed by atoms with Crippen LogP contribution in [0, 0.1) is 23.7 Å². The standard InChI is InChI=1S/C28H44BrF2N5O2.C4H6O/c29-17-9-8-16(24-25(17)33-27(32-24)26(30)31)28(38)35-12-11-21-23-18(3-1-2-4-20(23)35)34-36(21)19-10-7-15(13-22(19)37)14-5-6-14;1-3-4(2)5/h14-27,32-34,37H,1-13H2;3H,1H2,2H3. The molecule has 11 heteroatoms. The smallest absolute Gasteiger partial charge is 0.266 e. The van der Waals surface area contributed by atoms with Gasteiger partial charge in [-0.15, -0.1) is 0 Å². The molecule has 0 spiro atoms. The van der Waals surface area contributed by atoms with Crippen molar-refractivity contribution in [3.63, 3.8) is 0 Å². The summed E-state index contributed by atoms with van der Waals surface area (Å²) in [5.41, 5.74) is 3.89. The van der Waals surface area contributed by atoms with Crippen LogP contribution in [-0.4, -0.2) is 93.0 Å². The Bertz CT molecular complexity index is 1030. The van der Waals surface area contributed by atoms with Gasteiger partial charge in [-0.2, -0.15) is 0 Å². The Morgan fingerprint density at radius 1 is 0.930 bits per heavy atom. The highest BCUT2D eigenvalue weighted by molar-refractivity contribution is 9.09. The van der Waals surface area contributed by atoms with E-state index in [2.05, 4.69) is 48.5 Å². The van der Waals surface area contributed by atoms with Crippen molar-refractivity contribution in [2.75, 3.05) is 6.54 Å². The van der Waals surface area contributed by atoms with Gasteiger partial charge in [-0.25, -0.2) is 13.8 Å². The summed E-state index contributed by atoms with van der Waals surface area (Å²) in [6.07, 6.45) is 10.2. The number of aliphatic hydroxyl groups is 1. The number of piperidine rings is 1. The van der Waals surface area contributed by atoms with Crippen LogP contribution in [0.2, 0.25) is 0 Å². The molecule has 0 aromatic carbocycles. The third-order valence-corrected chi connectivity index (χ3v) is 12.7. The van der Waals surface area contributed by atoms with E-state index < -0.39 is 12.6 Å². The number of nitrogens with zero attached hydrogens (tertiary/aromatic N) is 2. The molecule has 3 saturated heterocycles. The fourth-order valence-electron chi connectivity index (χ4n) is 9.45. The van der Waals surface area contributed by atoms with Crippen molar-refractivity contribution in [3.05, 3.63) is 12.7 Å². The van der Waals surface area contributed by atoms with Crippen molar-refractivity contribution in [1.29, 1.82) is 0 Å². The van der Waals surface area contributed by atoms with Gasteiger partial charge in [-0.3, -0.25) is 25.6 Å². The van der Waals surface area contributed by atoms with Crippen LogP contribution in [0.15, 0.2) is 12.7 Å². The van der Waals surface area contributed by atoms with Gasteiger partial charge in [0.15, 0.2) is 5.78 Å². The van der Waals surface area contributed by atoms with Crippen molar-refractivity contribution < 1.29 is 23.5 Å². The number of amides is 1. The minimum atomic E-state index is -2.50. The molecule has 0 radical (unpaired) electrons. The van der Waals surface area contributed by atoms with E-state index in [0.717, 1.165) is 70.3 Å². The first kappa shape index (κ1) is 32.0. The normalized spacial score (nSPS) is 44.6. The number of carbonyl (C=O) groups excluding carboxylic acids is 2. The number of aliphatic hydroxyl groups excluding tert-OH is 1. The highest BCUT2D eigenvalue weighted by Gasteiger charge is 2.56. The molecule has 12 atom stereocenters. The Morgan fingerprint density at radius 3 is 2.30 bits per heavy atom. The number of halogens is 3. The Hall–Kier alpha value is -0.980. The molecule has 12 unspecified atom stereocenters. The fraction of sp³-hybridized carbons (Fsp3) is 0.875. The molecule has 0 aromatic heterocycles. The lowest BCUT2D eigenvalue weighted by molar-refractivity contribution is -0.144. The largest absolute Gasteiger partial charge is 0.391 e. The molecule has 0 aromatic rings. The van der Waals surface area contributed by atoms with Crippen LogP contribution in [0.25, 0.3) is 0 Å². The summed E-state index contributed by atoms with van der Waals surface area (Å²) >= 11 is 3.69. The second-order valence-electron chi connectivity index (χ2n) is 14.2. The van der Waals surface area contributed by atoms with E-state index in [1.807, 2.05) is 0 Å². The molecule has 3 aliphatic heterocycles. The van der Waals surface area contributed by atoms with Crippen molar-refractivity contribution in [2.24, 2.45) is 23.7 Å². The van der Waals surface area contributed by atoms with E-state index >= 15 is 0 Å². The van der Waals surface area contributed by atoms with Crippen LogP contribution in [0.1, 0.15) is 84.0 Å². The van der Waals surface area contributed by atoms with Gasteiger partial charge < -0.3 is 10.0 Å². The number of hydrazine groups is 1. The summed E-state index contributed by atoms with van der Waals surface area (Å²) in [4.78, 5) is 26.2. The fourth-order valence-corrected chi connectivity index (χ4v) is 10.2. The van der Waals surface area contributed by atoms with Gasteiger partial charge in [0.25, 0.3) is 6.43 Å². The van der Waals surface area contributed by atoms with E-state index in [9.17, 15) is 23.5 Å². The monoisotopic (exact) mass is 669 g/mol. The lowest BCUT2D eigenvalue weighted by Gasteiger charge is -2.49. The number of allylic oxidation sites excluding steroid dienone is 1. The lowest BCUT2D eigenvalue weighted by atomic mass is 9.76. The zero-order valence-electron chi connectivity index (χ0n) is 25.4. The molecule has 0 bridgehead atoms. The molecule has 4 N–H and O–H groups in total. The van der Waals surface area contributed by atoms with E-state index in [1.54, 1.807) is 0 Å². The molecule has 7 fully saturated rings. The first-order chi connectivity index (χ1) is 20.7. The predicted molar refractivity (Wildman–Crippen MR) is 164 cm³/mol. The average molecular weight is 671 g/mol. The number of hydrogen-bond acceptors (Lipinski definition) is 7. The molecule has 8 nitrogen and oxygen atoms in total. The first-order valence-electron chi connectivity index (χ1n) is 16.8. The molecule has 242 valence electrons. The number of ketones is 1. The van der Waals surface area contributed by atoms with Crippen molar-refractivity contribution in [1.82, 2.24) is 26.0 Å². The molecule has 4 aliphatic carbocycles. The highest BCUT2D eigenvalue weighted by Crippen LogP contribution is 2.48. The molecule has 3 heterocycles. The summed E-state index contributed by atoms with van der Waals surface area (Å²) in [6, 6.07) is 0.620. The molecule has 7 aliphatic rings. The Morgan fingerprint density at radius 2 is 1.63 bits per heavy atom. The molecule has 43 heavy (non-hydrogen) atoms. The van der Waals surface area contributed by atoms with Crippen LogP contribution in [0.3, 0.4) is 0 Å². The number of hydrogen-bond donors (Lipinski definition) is 4. The third kappa shape index (κ3) is 6.50. The van der Waals surface area contributed by atoms with Gasteiger partial charge >= 0.3 is 0 Å². The minimum absolute atomic E-state index is 0.0185. The number of carbonyl (C=O) groups is 2. The number of fused-ring (bicyclic) bond motifs is 1. The van der Waals surface area contributed by atoms with Crippen LogP contribution < -0.4 is 16.1 Å². The molecule has 4 saturated carbocycles. The van der Waals surface area contributed by atoms with E-state index in [1.165, 1.54) is 32.3 Å². The second kappa shape index (κ2) is 13.4. The van der Waals surface area contributed by atoms with Gasteiger partial charge in [0.1, 0.15) is 6.17 Å². The number of nitrogens with one attached hydrogen (secondary N) is 3. The Balaban J connectivity index is 0.000000611. The summed E-state index contributed by atoms with van der Waals surface area (Å²) in [5, 5.41) is 19.8. The zero-order chi connectivity index (χ0) is 30.4. The van der Waals surface area contributed by atoms with Gasteiger partial charge in [0.05, 0.1) is 18.1 Å². The van der Waals surface area contributed by atoms with Crippen LogP contribution in [0.5, 0.6) is 0 Å². The van der Waals surface area contributed by atoms with Crippen LogP contribution in [0.4, 0.5) is 8.78 Å². The van der Waals surface area contributed by atoms with Crippen LogP contribution in [-0.2, 0) is 9.59 Å². The predicted octanol–water partition coefficient (Wildman–Crippen LogP) is 3.73. The summed E-state index contributed by atoms with van der Waals surface area (Å²) < 4.78 is 27.1. The molecule has 1 amide bonds. The van der Waals surface area contributed by atoms with Gasteiger partial charge in [0, 0.05) is 47.5 Å². The average Bonchev–Trinajstić information content (AvgIpc) is 3.69. The maximum Gasteiger partial charge on any atom is 0.266 e. The van der Waals surface area contributed by atoms with Crippen molar-refractivity contribution in [3.8, 4) is 0 Å². The quantitative estimate of drug-likeness (QED) is 0.262. The number of alkyl halides is 3. The van der Waals surface area contributed by atoms with E-state index in [4.69, 9.17) is 0 Å². The van der Waals surface area contributed by atoms with E-state index in [0.29, 0.717) is 23.9 Å². The summed E-state index contributed by atoms with van der Waals surface area (Å²) in [5.74, 6) is 1.83. The minimum Gasteiger partial charge on any atom is -0.391 e. The molecule has 7 rings (SSSR count). The Kier molecular flexibility index (Phi) is 9.97. The van der Waals surface area contributed by atoms with Crippen molar-refractivity contribution >= 4 is 27.6 Å². The maximum atomic E-state index is 14.2. The lowest BCUT2D eigenvalue weighted by Crippen LogP contribution is -2.61. The third-order valence-electron chi connectivity index (χ3n) is 11.7. The second-order valence-corrected chi connectivity index (χ2v) is 15.4. The van der Waals surface area contributed by atoms with E-state index in [-0.39, 0.29) is 52.7 Å². The first-order valence-corrected chi connectivity index (χ1v) is 17.7. The van der Waals surface area contributed by atoms with Crippen molar-refractivity contribution in [2.45, 2.75) is 144 Å². The SMILES string of the molecule is C=CC(C)=O.O=C(C1CCC(Br)C2NC(C(F)F)NC12)N1CCC2C3C(CCCCC31)NN2C1CCC(C2CC2)CC1O. The topological polar surface area (TPSA) is 96.9 Å². The molecular formula is C32H50BrF2N5O3. The van der Waals surface area contributed by atoms with Gasteiger partial charge in [0.2, 0.25) is 5.91 Å². The molecular weight excluding hydrogens is 620 g/mol. The van der Waals surface area contributed by atoms with Crippen LogP contribution >= 0.6 is 15.9 Å². The maximum absolute atomic E-state index is 14.2. The highest BCUT2D eigenvalue weighted by atomic mass is 79.9. The van der Waals surface area contributed by atoms with Gasteiger partial charge in [-0.1, -0.05) is 35.4 Å². The zero-order valence-corrected chi connectivity index (χ0v) is 26.9. The summed E-state index contributed by atoms with van der Waals surface area (Å²) in [6.45, 7) is 5.40. The van der Waals surface area contributed by atoms with Gasteiger partial charge in [-0.05, 0) is 89.0 Å². The Labute approximate surface area is 263 Å². The number of rotatable bonds is 5. The number of likely N-dealkylation sites (tertiary alicyclic amines) is 1.